The Hall–Kier alpha value is -2.35. The molecule has 152 valence electrons. The highest BCUT2D eigenvalue weighted by Gasteiger charge is 2.52. The second-order valence-corrected chi connectivity index (χ2v) is 8.37. The molecule has 0 bridgehead atoms. The minimum absolute atomic E-state index is 0.210. The van der Waals surface area contributed by atoms with E-state index in [1.165, 1.54) is 12.1 Å². The summed E-state index contributed by atoms with van der Waals surface area (Å²) in [4.78, 5) is 4.63. The number of rotatable bonds is 4. The lowest BCUT2D eigenvalue weighted by atomic mass is 9.94. The maximum Gasteiger partial charge on any atom is 0.573 e. The van der Waals surface area contributed by atoms with Gasteiger partial charge in [-0.3, -0.25) is 0 Å². The maximum absolute atomic E-state index is 12.9. The first-order valence-corrected chi connectivity index (χ1v) is 9.96. The molecule has 0 radical (unpaired) electrons. The summed E-state index contributed by atoms with van der Waals surface area (Å²) in [5.74, 6) is 0.991. The third kappa shape index (κ3) is 3.77. The lowest BCUT2D eigenvalue weighted by Gasteiger charge is -2.19. The highest BCUT2D eigenvalue weighted by atomic mass is 79.9. The van der Waals surface area contributed by atoms with Gasteiger partial charge >= 0.3 is 6.36 Å². The maximum atomic E-state index is 12.9. The number of hydrogen-bond donors (Lipinski definition) is 0. The van der Waals surface area contributed by atoms with E-state index in [9.17, 15) is 13.2 Å². The number of aryl methyl sites for hydroxylation is 3. The smallest absolute Gasteiger partial charge is 0.405 e. The summed E-state index contributed by atoms with van der Waals surface area (Å²) in [6, 6.07) is 10.6. The van der Waals surface area contributed by atoms with Crippen molar-refractivity contribution in [2.75, 3.05) is 0 Å². The quantitative estimate of drug-likeness (QED) is 0.479. The zero-order valence-electron chi connectivity index (χ0n) is 16.1. The van der Waals surface area contributed by atoms with E-state index in [0.717, 1.165) is 16.8 Å². The number of halogens is 4. The molecule has 0 unspecified atom stereocenters. The predicted octanol–water partition coefficient (Wildman–Crippen LogP) is 5.93. The topological polar surface area (TPSA) is 39.9 Å². The van der Waals surface area contributed by atoms with Crippen LogP contribution in [0.5, 0.6) is 5.75 Å². The fraction of sp³-hybridized carbons (Fsp3) is 0.333. The Morgan fingerprint density at radius 3 is 2.41 bits per heavy atom. The van der Waals surface area contributed by atoms with Crippen LogP contribution in [-0.2, 0) is 5.41 Å². The normalized spacial score (nSPS) is 15.4. The molecule has 1 fully saturated rings. The van der Waals surface area contributed by atoms with E-state index in [1.54, 1.807) is 10.7 Å². The van der Waals surface area contributed by atoms with Crippen molar-refractivity contribution in [1.29, 1.82) is 0 Å². The van der Waals surface area contributed by atoms with Crippen molar-refractivity contribution < 1.29 is 17.9 Å². The van der Waals surface area contributed by atoms with E-state index in [2.05, 4.69) is 31.7 Å². The van der Waals surface area contributed by atoms with E-state index < -0.39 is 11.8 Å². The molecule has 1 heterocycles. The number of alkyl halides is 3. The van der Waals surface area contributed by atoms with Crippen molar-refractivity contribution in [3.8, 4) is 11.4 Å². The monoisotopic (exact) mass is 465 g/mol. The van der Waals surface area contributed by atoms with Crippen LogP contribution in [0.2, 0.25) is 0 Å². The molecule has 1 aromatic heterocycles. The number of hydrogen-bond acceptors (Lipinski definition) is 3. The fourth-order valence-corrected chi connectivity index (χ4v) is 4.05. The van der Waals surface area contributed by atoms with E-state index in [0.29, 0.717) is 34.5 Å². The third-order valence-corrected chi connectivity index (χ3v) is 5.70. The number of ether oxygens (including phenoxy) is 1. The molecule has 4 rings (SSSR count). The van der Waals surface area contributed by atoms with Crippen LogP contribution in [0.25, 0.3) is 5.69 Å². The molecule has 8 heteroatoms. The van der Waals surface area contributed by atoms with E-state index in [-0.39, 0.29) is 5.75 Å². The van der Waals surface area contributed by atoms with Crippen LogP contribution < -0.4 is 4.74 Å². The van der Waals surface area contributed by atoms with E-state index in [4.69, 9.17) is 5.10 Å². The Kier molecular flexibility index (Phi) is 4.72. The molecule has 0 atom stereocenters. The summed E-state index contributed by atoms with van der Waals surface area (Å²) < 4.78 is 45.5. The number of aromatic nitrogens is 3. The highest BCUT2D eigenvalue weighted by molar-refractivity contribution is 9.10. The van der Waals surface area contributed by atoms with Crippen LogP contribution in [-0.4, -0.2) is 21.1 Å². The Labute approximate surface area is 174 Å². The summed E-state index contributed by atoms with van der Waals surface area (Å²) in [5, 5.41) is 4.70. The van der Waals surface area contributed by atoms with Crippen LogP contribution in [0, 0.1) is 20.8 Å². The van der Waals surface area contributed by atoms with Crippen LogP contribution >= 0.6 is 15.9 Å². The zero-order valence-corrected chi connectivity index (χ0v) is 17.7. The molecule has 3 aromatic rings. The first-order chi connectivity index (χ1) is 13.6. The van der Waals surface area contributed by atoms with Crippen LogP contribution in [0.3, 0.4) is 0 Å². The molecule has 29 heavy (non-hydrogen) atoms. The van der Waals surface area contributed by atoms with Gasteiger partial charge in [-0.05, 0) is 63.4 Å². The van der Waals surface area contributed by atoms with Gasteiger partial charge in [0.1, 0.15) is 11.6 Å². The van der Waals surface area contributed by atoms with Crippen molar-refractivity contribution >= 4 is 15.9 Å². The van der Waals surface area contributed by atoms with Crippen molar-refractivity contribution in [2.45, 2.75) is 45.4 Å². The average Bonchev–Trinajstić information content (AvgIpc) is 3.33. The molecule has 1 saturated carbocycles. The summed E-state index contributed by atoms with van der Waals surface area (Å²) in [5.41, 5.74) is 2.87. The molecule has 0 aliphatic heterocycles. The summed E-state index contributed by atoms with van der Waals surface area (Å²) in [7, 11) is 0. The van der Waals surface area contributed by atoms with Gasteiger partial charge < -0.3 is 4.74 Å². The van der Waals surface area contributed by atoms with Gasteiger partial charge in [0.25, 0.3) is 0 Å². The zero-order chi connectivity index (χ0) is 21.0. The van der Waals surface area contributed by atoms with Crippen LogP contribution in [0.15, 0.2) is 40.9 Å². The molecule has 0 saturated heterocycles. The fourth-order valence-electron chi connectivity index (χ4n) is 3.69. The highest BCUT2D eigenvalue weighted by Crippen LogP contribution is 2.56. The van der Waals surface area contributed by atoms with Gasteiger partial charge in [0.2, 0.25) is 0 Å². The minimum Gasteiger partial charge on any atom is -0.405 e. The molecule has 1 aliphatic carbocycles. The molecule has 0 spiro atoms. The first-order valence-electron chi connectivity index (χ1n) is 9.17. The Bertz CT molecular complexity index is 1090. The molecular formula is C21H19BrF3N3O. The Morgan fingerprint density at radius 2 is 1.79 bits per heavy atom. The van der Waals surface area contributed by atoms with E-state index in [1.807, 2.05) is 32.9 Å². The molecule has 4 nitrogen and oxygen atoms in total. The van der Waals surface area contributed by atoms with Crippen LogP contribution in [0.4, 0.5) is 13.2 Å². The average molecular weight is 466 g/mol. The van der Waals surface area contributed by atoms with Crippen LogP contribution in [0.1, 0.15) is 41.2 Å². The molecule has 0 N–H and O–H groups in total. The van der Waals surface area contributed by atoms with Crippen molar-refractivity contribution in [3.63, 3.8) is 0 Å². The van der Waals surface area contributed by atoms with Gasteiger partial charge in [0, 0.05) is 10.0 Å². The van der Waals surface area contributed by atoms with Crippen molar-refractivity contribution in [3.05, 3.63) is 69.2 Å². The minimum atomic E-state index is -4.76. The second-order valence-electron chi connectivity index (χ2n) is 7.45. The van der Waals surface area contributed by atoms with Gasteiger partial charge in [-0.15, -0.1) is 13.2 Å². The van der Waals surface area contributed by atoms with Crippen molar-refractivity contribution in [2.24, 2.45) is 0 Å². The summed E-state index contributed by atoms with van der Waals surface area (Å²) in [6.45, 7) is 5.87. The third-order valence-electron chi connectivity index (χ3n) is 5.21. The summed E-state index contributed by atoms with van der Waals surface area (Å²) in [6.07, 6.45) is -3.44. The SMILES string of the molecule is Cc1ccc(-n2nc(C3(c4cc(Br)ccc4OC(F)(F)F)CC3)nc2C)c(C)c1. The predicted molar refractivity (Wildman–Crippen MR) is 106 cm³/mol. The van der Waals surface area contributed by atoms with Gasteiger partial charge in [-0.25, -0.2) is 9.67 Å². The lowest BCUT2D eigenvalue weighted by Crippen LogP contribution is -2.21. The molecular weight excluding hydrogens is 447 g/mol. The number of benzene rings is 2. The molecule has 1 aliphatic rings. The molecule has 2 aromatic carbocycles. The van der Waals surface area contributed by atoms with Gasteiger partial charge in [-0.2, -0.15) is 5.10 Å². The van der Waals surface area contributed by atoms with E-state index >= 15 is 0 Å². The molecule has 0 amide bonds. The summed E-state index contributed by atoms with van der Waals surface area (Å²) >= 11 is 3.36. The van der Waals surface area contributed by atoms with Gasteiger partial charge in [-0.1, -0.05) is 33.6 Å². The Balaban J connectivity index is 1.80. The largest absolute Gasteiger partial charge is 0.573 e. The second kappa shape index (κ2) is 6.86. The number of nitrogens with zero attached hydrogens (tertiary/aromatic N) is 3. The van der Waals surface area contributed by atoms with Crippen molar-refractivity contribution in [1.82, 2.24) is 14.8 Å². The first kappa shape index (κ1) is 19.9. The van der Waals surface area contributed by atoms with Gasteiger partial charge in [0.05, 0.1) is 11.1 Å². The standard InChI is InChI=1S/C21H19BrF3N3O/c1-12-4-6-17(13(2)10-12)28-14(3)26-19(27-28)20(8-9-20)16-11-15(22)5-7-18(16)29-21(23,24)25/h4-7,10-11H,8-9H2,1-3H3. The Morgan fingerprint density at radius 1 is 1.07 bits per heavy atom. The lowest BCUT2D eigenvalue weighted by molar-refractivity contribution is -0.275. The van der Waals surface area contributed by atoms with Gasteiger partial charge in [0.15, 0.2) is 5.82 Å².